The van der Waals surface area contributed by atoms with Crippen LogP contribution in [0.5, 0.6) is 5.75 Å². The lowest BCUT2D eigenvalue weighted by molar-refractivity contribution is 0.00464. The van der Waals surface area contributed by atoms with Gasteiger partial charge in [0.1, 0.15) is 5.75 Å². The Bertz CT molecular complexity index is 1040. The molecule has 1 unspecified atom stereocenters. The number of rotatable bonds is 5. The summed E-state index contributed by atoms with van der Waals surface area (Å²) in [6.07, 6.45) is 8.28. The van der Waals surface area contributed by atoms with Crippen LogP contribution in [0.4, 0.5) is 11.6 Å². The predicted molar refractivity (Wildman–Crippen MR) is 115 cm³/mol. The first-order valence-electron chi connectivity index (χ1n) is 10.6. The van der Waals surface area contributed by atoms with Crippen LogP contribution in [-0.2, 0) is 24.2 Å². The number of aromatic nitrogens is 4. The Hall–Kier alpha value is -2.71. The lowest BCUT2D eigenvalue weighted by Crippen LogP contribution is -2.26. The molecular formula is C22H28N6O2. The number of ether oxygens (including phenoxy) is 2. The number of nitrogens with zero attached hydrogens (tertiary/aromatic N) is 5. The number of benzene rings is 1. The molecule has 1 atom stereocenters. The second-order valence-corrected chi connectivity index (χ2v) is 8.22. The van der Waals surface area contributed by atoms with Crippen LogP contribution < -0.4 is 10.1 Å². The van der Waals surface area contributed by atoms with E-state index in [1.54, 1.807) is 7.11 Å². The summed E-state index contributed by atoms with van der Waals surface area (Å²) in [5.41, 5.74) is 4.36. The first kappa shape index (κ1) is 19.3. The van der Waals surface area contributed by atoms with Crippen molar-refractivity contribution >= 4 is 22.7 Å². The van der Waals surface area contributed by atoms with Crippen molar-refractivity contribution in [3.05, 3.63) is 35.7 Å². The van der Waals surface area contributed by atoms with E-state index < -0.39 is 0 Å². The Morgan fingerprint density at radius 1 is 1.23 bits per heavy atom. The van der Waals surface area contributed by atoms with E-state index in [0.717, 1.165) is 61.4 Å². The van der Waals surface area contributed by atoms with Gasteiger partial charge in [0.15, 0.2) is 5.65 Å². The summed E-state index contributed by atoms with van der Waals surface area (Å²) in [7, 11) is 3.85. The zero-order chi connectivity index (χ0) is 20.5. The van der Waals surface area contributed by atoms with E-state index in [1.165, 1.54) is 17.5 Å². The molecule has 0 amide bonds. The molecule has 3 aromatic rings. The summed E-state index contributed by atoms with van der Waals surface area (Å²) in [4.78, 5) is 11.6. The van der Waals surface area contributed by atoms with Crippen molar-refractivity contribution in [1.29, 1.82) is 0 Å². The highest BCUT2D eigenvalue weighted by Gasteiger charge is 2.19. The minimum absolute atomic E-state index is 0.200. The molecule has 0 aliphatic carbocycles. The summed E-state index contributed by atoms with van der Waals surface area (Å²) in [5.74, 6) is 1.35. The Morgan fingerprint density at radius 2 is 2.17 bits per heavy atom. The molecule has 8 heteroatoms. The largest absolute Gasteiger partial charge is 0.495 e. The second kappa shape index (κ2) is 8.20. The standard InChI is InChI=1S/C22H28N6O2/c1-27-7-6-15-10-20(29-2)19(9-16(15)13-27)25-22-23-11-17-12-24-28(21(17)26-22)14-18-5-3-4-8-30-18/h9-12,18H,3-8,13-14H2,1-2H3,(H,23,25,26). The van der Waals surface area contributed by atoms with Gasteiger partial charge in [-0.2, -0.15) is 10.1 Å². The van der Waals surface area contributed by atoms with Gasteiger partial charge in [0, 0.05) is 25.9 Å². The van der Waals surface area contributed by atoms with Crippen LogP contribution in [0.2, 0.25) is 0 Å². The van der Waals surface area contributed by atoms with Crippen LogP contribution in [0.25, 0.3) is 11.0 Å². The van der Waals surface area contributed by atoms with Crippen LogP contribution in [0.15, 0.2) is 24.5 Å². The fourth-order valence-electron chi connectivity index (χ4n) is 4.32. The molecule has 1 saturated heterocycles. The van der Waals surface area contributed by atoms with Crippen molar-refractivity contribution in [2.45, 2.75) is 44.9 Å². The number of anilines is 2. The van der Waals surface area contributed by atoms with Crippen molar-refractivity contribution in [2.75, 3.05) is 32.6 Å². The zero-order valence-corrected chi connectivity index (χ0v) is 17.6. The van der Waals surface area contributed by atoms with Gasteiger partial charge in [0.25, 0.3) is 0 Å². The molecule has 4 heterocycles. The third kappa shape index (κ3) is 3.85. The smallest absolute Gasteiger partial charge is 0.229 e. The minimum Gasteiger partial charge on any atom is -0.495 e. The molecular weight excluding hydrogens is 380 g/mol. The van der Waals surface area contributed by atoms with Gasteiger partial charge < -0.3 is 19.7 Å². The van der Waals surface area contributed by atoms with Crippen molar-refractivity contribution < 1.29 is 9.47 Å². The number of hydrogen-bond acceptors (Lipinski definition) is 7. The average molecular weight is 409 g/mol. The summed E-state index contributed by atoms with van der Waals surface area (Å²) in [6.45, 7) is 3.55. The first-order valence-corrected chi connectivity index (χ1v) is 10.6. The molecule has 158 valence electrons. The van der Waals surface area contributed by atoms with Gasteiger partial charge in [-0.15, -0.1) is 0 Å². The van der Waals surface area contributed by atoms with E-state index in [9.17, 15) is 0 Å². The predicted octanol–water partition coefficient (Wildman–Crippen LogP) is 3.14. The Labute approximate surface area is 176 Å². The third-order valence-corrected chi connectivity index (χ3v) is 6.00. The lowest BCUT2D eigenvalue weighted by atomic mass is 9.99. The molecule has 0 bridgehead atoms. The molecule has 1 aromatic carbocycles. The molecule has 8 nitrogen and oxygen atoms in total. The topological polar surface area (TPSA) is 77.3 Å². The normalized spacial score (nSPS) is 19.6. The van der Waals surface area contributed by atoms with Crippen molar-refractivity contribution in [1.82, 2.24) is 24.6 Å². The highest BCUT2D eigenvalue weighted by molar-refractivity contribution is 5.76. The van der Waals surface area contributed by atoms with Crippen molar-refractivity contribution in [3.8, 4) is 5.75 Å². The van der Waals surface area contributed by atoms with E-state index in [0.29, 0.717) is 12.5 Å². The van der Waals surface area contributed by atoms with E-state index in [4.69, 9.17) is 14.5 Å². The quantitative estimate of drug-likeness (QED) is 0.695. The van der Waals surface area contributed by atoms with Crippen LogP contribution in [0, 0.1) is 0 Å². The molecule has 2 aromatic heterocycles. The highest BCUT2D eigenvalue weighted by atomic mass is 16.5. The summed E-state index contributed by atoms with van der Waals surface area (Å²) in [5, 5.41) is 8.80. The molecule has 0 saturated carbocycles. The van der Waals surface area contributed by atoms with Crippen molar-refractivity contribution in [2.24, 2.45) is 0 Å². The maximum Gasteiger partial charge on any atom is 0.229 e. The van der Waals surface area contributed by atoms with Crippen molar-refractivity contribution in [3.63, 3.8) is 0 Å². The summed E-state index contributed by atoms with van der Waals surface area (Å²) < 4.78 is 13.4. The molecule has 5 rings (SSSR count). The first-order chi connectivity index (χ1) is 14.7. The van der Waals surface area contributed by atoms with E-state index >= 15 is 0 Å². The van der Waals surface area contributed by atoms with Crippen LogP contribution in [0.3, 0.4) is 0 Å². The Kier molecular flexibility index (Phi) is 5.26. The van der Waals surface area contributed by atoms with E-state index in [2.05, 4.69) is 39.5 Å². The third-order valence-electron chi connectivity index (χ3n) is 6.00. The fraction of sp³-hybridized carbons (Fsp3) is 0.500. The number of methoxy groups -OCH3 is 1. The minimum atomic E-state index is 0.200. The van der Waals surface area contributed by atoms with Gasteiger partial charge in [-0.1, -0.05) is 0 Å². The maximum atomic E-state index is 5.88. The summed E-state index contributed by atoms with van der Waals surface area (Å²) >= 11 is 0. The Balaban J connectivity index is 1.42. The van der Waals surface area contributed by atoms with Crippen LogP contribution in [0.1, 0.15) is 30.4 Å². The zero-order valence-electron chi connectivity index (χ0n) is 17.6. The molecule has 0 spiro atoms. The molecule has 30 heavy (non-hydrogen) atoms. The molecule has 1 fully saturated rings. The fourth-order valence-corrected chi connectivity index (χ4v) is 4.32. The molecule has 1 N–H and O–H groups in total. The van der Waals surface area contributed by atoms with Gasteiger partial charge in [0.2, 0.25) is 5.95 Å². The number of nitrogens with one attached hydrogen (secondary N) is 1. The second-order valence-electron chi connectivity index (χ2n) is 8.22. The van der Waals surface area contributed by atoms with E-state index in [-0.39, 0.29) is 6.10 Å². The highest BCUT2D eigenvalue weighted by Crippen LogP contribution is 2.33. The van der Waals surface area contributed by atoms with Crippen LogP contribution in [-0.4, -0.2) is 58.1 Å². The van der Waals surface area contributed by atoms with Gasteiger partial charge in [-0.25, -0.2) is 9.67 Å². The molecule has 2 aliphatic heterocycles. The average Bonchev–Trinajstić information content (AvgIpc) is 3.16. The van der Waals surface area contributed by atoms with Gasteiger partial charge in [-0.05, 0) is 56.0 Å². The molecule has 2 aliphatic rings. The Morgan fingerprint density at radius 3 is 3.00 bits per heavy atom. The number of likely N-dealkylation sites (N-methyl/N-ethyl adjacent to an activating group) is 1. The monoisotopic (exact) mass is 408 g/mol. The SMILES string of the molecule is COc1cc2c(cc1Nc1ncc3cnn(CC4CCCCO4)c3n1)CN(C)CC2. The van der Waals surface area contributed by atoms with Gasteiger partial charge in [0.05, 0.1) is 37.0 Å². The summed E-state index contributed by atoms with van der Waals surface area (Å²) in [6, 6.07) is 4.29. The number of fused-ring (bicyclic) bond motifs is 2. The van der Waals surface area contributed by atoms with Crippen LogP contribution >= 0.6 is 0 Å². The maximum absolute atomic E-state index is 5.88. The number of hydrogen-bond donors (Lipinski definition) is 1. The van der Waals surface area contributed by atoms with Gasteiger partial charge >= 0.3 is 0 Å². The molecule has 0 radical (unpaired) electrons. The van der Waals surface area contributed by atoms with Gasteiger partial charge in [-0.3, -0.25) is 0 Å². The van der Waals surface area contributed by atoms with E-state index in [1.807, 2.05) is 17.1 Å². The lowest BCUT2D eigenvalue weighted by Gasteiger charge is -2.26.